The summed E-state index contributed by atoms with van der Waals surface area (Å²) in [4.78, 5) is 35.4. The highest BCUT2D eigenvalue weighted by Crippen LogP contribution is 2.27. The summed E-state index contributed by atoms with van der Waals surface area (Å²) in [5.74, 6) is 0.378. The molecule has 2 aromatic heterocycles. The van der Waals surface area contributed by atoms with Crippen LogP contribution >= 0.6 is 11.3 Å². The van der Waals surface area contributed by atoms with Gasteiger partial charge in [-0.2, -0.15) is 0 Å². The number of carbonyl (C=O) groups excluding carboxylic acids is 1. The number of aromatic nitrogens is 2. The lowest BCUT2D eigenvalue weighted by Gasteiger charge is -2.19. The minimum absolute atomic E-state index is 0.0372. The number of nitrogens with one attached hydrogen (secondary N) is 2. The first-order chi connectivity index (χ1) is 11.8. The van der Waals surface area contributed by atoms with Crippen LogP contribution in [0, 0.1) is 13.8 Å². The van der Waals surface area contributed by atoms with Crippen LogP contribution in [0.3, 0.4) is 0 Å². The molecular weight excluding hydrogens is 340 g/mol. The van der Waals surface area contributed by atoms with E-state index in [1.165, 1.54) is 11.3 Å². The Hall–Kier alpha value is -1.77. The molecule has 0 spiro atoms. The largest absolute Gasteiger partial charge is 0.378 e. The SMILES string of the molecule is CO[C@@H]1CN(C(C)C)C[C@H]1NC(=O)c1sc2nc(C)[nH]c(=O)c2c1C. The summed E-state index contributed by atoms with van der Waals surface area (Å²) in [5.41, 5.74) is 0.482. The molecule has 1 amide bonds. The van der Waals surface area contributed by atoms with Crippen LogP contribution in [-0.4, -0.2) is 59.2 Å². The molecular formula is C17H24N4O3S. The van der Waals surface area contributed by atoms with Crippen molar-refractivity contribution in [1.29, 1.82) is 0 Å². The predicted molar refractivity (Wildman–Crippen MR) is 98.5 cm³/mol. The van der Waals surface area contributed by atoms with Crippen molar-refractivity contribution in [2.24, 2.45) is 0 Å². The normalized spacial score (nSPS) is 21.4. The van der Waals surface area contributed by atoms with E-state index >= 15 is 0 Å². The number of hydrogen-bond acceptors (Lipinski definition) is 6. The second-order valence-electron chi connectivity index (χ2n) is 6.79. The van der Waals surface area contributed by atoms with Crippen molar-refractivity contribution in [3.05, 3.63) is 26.6 Å². The number of fused-ring (bicyclic) bond motifs is 1. The molecule has 3 heterocycles. The van der Waals surface area contributed by atoms with E-state index in [-0.39, 0.29) is 23.6 Å². The fraction of sp³-hybridized carbons (Fsp3) is 0.588. The van der Waals surface area contributed by atoms with Gasteiger partial charge in [0, 0.05) is 26.2 Å². The van der Waals surface area contributed by atoms with Crippen molar-refractivity contribution in [3.63, 3.8) is 0 Å². The summed E-state index contributed by atoms with van der Waals surface area (Å²) in [6, 6.07) is 0.328. The minimum Gasteiger partial charge on any atom is -0.378 e. The van der Waals surface area contributed by atoms with Gasteiger partial charge in [-0.15, -0.1) is 11.3 Å². The maximum Gasteiger partial charge on any atom is 0.262 e. The van der Waals surface area contributed by atoms with Crippen LogP contribution in [0.15, 0.2) is 4.79 Å². The van der Waals surface area contributed by atoms with E-state index in [0.29, 0.717) is 32.5 Å². The zero-order valence-corrected chi connectivity index (χ0v) is 16.0. The van der Waals surface area contributed by atoms with Gasteiger partial charge in [-0.1, -0.05) is 0 Å². The van der Waals surface area contributed by atoms with Gasteiger partial charge >= 0.3 is 0 Å². The highest BCUT2D eigenvalue weighted by molar-refractivity contribution is 7.20. The Bertz CT molecular complexity index is 857. The standard InChI is InChI=1S/C17H24N4O3S/c1-8(2)21-6-11(12(7-21)24-5)20-16(23)14-9(3)13-15(22)18-10(4)19-17(13)25-14/h8,11-12H,6-7H2,1-5H3,(H,20,23)(H,18,19,22)/t11-,12-/m1/s1. The molecule has 8 heteroatoms. The van der Waals surface area contributed by atoms with E-state index in [0.717, 1.165) is 13.1 Å². The number of nitrogens with zero attached hydrogens (tertiary/aromatic N) is 2. The molecule has 7 nitrogen and oxygen atoms in total. The number of thiophene rings is 1. The lowest BCUT2D eigenvalue weighted by atomic mass is 10.1. The fourth-order valence-corrected chi connectivity index (χ4v) is 4.43. The quantitative estimate of drug-likeness (QED) is 0.857. The van der Waals surface area contributed by atoms with Gasteiger partial charge in [-0.3, -0.25) is 14.5 Å². The summed E-state index contributed by atoms with van der Waals surface area (Å²) in [5, 5.41) is 3.58. The van der Waals surface area contributed by atoms with Crippen LogP contribution in [0.4, 0.5) is 0 Å². The minimum atomic E-state index is -0.197. The van der Waals surface area contributed by atoms with Crippen molar-refractivity contribution in [2.45, 2.75) is 45.9 Å². The zero-order chi connectivity index (χ0) is 18.3. The summed E-state index contributed by atoms with van der Waals surface area (Å²) in [6.07, 6.45) is -0.0372. The molecule has 1 aliphatic heterocycles. The van der Waals surface area contributed by atoms with Crippen LogP contribution in [0.25, 0.3) is 10.2 Å². The van der Waals surface area contributed by atoms with Gasteiger partial charge in [0.05, 0.1) is 22.4 Å². The van der Waals surface area contributed by atoms with E-state index < -0.39 is 0 Å². The average Bonchev–Trinajstić information content (AvgIpc) is 3.08. The first-order valence-corrected chi connectivity index (χ1v) is 9.21. The summed E-state index contributed by atoms with van der Waals surface area (Å²) in [7, 11) is 1.67. The highest BCUT2D eigenvalue weighted by atomic mass is 32.1. The maximum absolute atomic E-state index is 12.8. The number of methoxy groups -OCH3 is 1. The maximum atomic E-state index is 12.8. The zero-order valence-electron chi connectivity index (χ0n) is 15.2. The number of H-pyrrole nitrogens is 1. The first kappa shape index (κ1) is 18.0. The molecule has 0 radical (unpaired) electrons. The van der Waals surface area contributed by atoms with Crippen LogP contribution in [0.1, 0.15) is 34.9 Å². The highest BCUT2D eigenvalue weighted by Gasteiger charge is 2.35. The third-order valence-corrected chi connectivity index (χ3v) is 5.95. The van der Waals surface area contributed by atoms with Gasteiger partial charge in [0.15, 0.2) is 0 Å². The molecule has 0 bridgehead atoms. The van der Waals surface area contributed by atoms with Crippen LogP contribution in [0.2, 0.25) is 0 Å². The van der Waals surface area contributed by atoms with Gasteiger partial charge in [0.2, 0.25) is 0 Å². The molecule has 136 valence electrons. The number of likely N-dealkylation sites (tertiary alicyclic amines) is 1. The molecule has 3 rings (SSSR count). The number of ether oxygens (including phenoxy) is 1. The molecule has 1 fully saturated rings. The summed E-state index contributed by atoms with van der Waals surface area (Å²) >= 11 is 1.26. The topological polar surface area (TPSA) is 87.3 Å². The van der Waals surface area contributed by atoms with Gasteiger partial charge in [-0.05, 0) is 33.3 Å². The second kappa shape index (κ2) is 6.86. The Morgan fingerprint density at radius 2 is 2.12 bits per heavy atom. The smallest absolute Gasteiger partial charge is 0.262 e. The summed E-state index contributed by atoms with van der Waals surface area (Å²) < 4.78 is 5.54. The molecule has 1 aliphatic rings. The van der Waals surface area contributed by atoms with Crippen molar-refractivity contribution < 1.29 is 9.53 Å². The molecule has 2 aromatic rings. The Labute approximate surface area is 150 Å². The predicted octanol–water partition coefficient (Wildman–Crippen LogP) is 1.44. The fourth-order valence-electron chi connectivity index (χ4n) is 3.30. The van der Waals surface area contributed by atoms with Crippen LogP contribution in [-0.2, 0) is 4.74 Å². The second-order valence-corrected chi connectivity index (χ2v) is 7.79. The van der Waals surface area contributed by atoms with E-state index in [1.54, 1.807) is 21.0 Å². The number of rotatable bonds is 4. The number of amides is 1. The molecule has 25 heavy (non-hydrogen) atoms. The van der Waals surface area contributed by atoms with Gasteiger partial charge in [0.1, 0.15) is 10.7 Å². The van der Waals surface area contributed by atoms with E-state index in [9.17, 15) is 9.59 Å². The lowest BCUT2D eigenvalue weighted by molar-refractivity contribution is 0.0755. The lowest BCUT2D eigenvalue weighted by Crippen LogP contribution is -2.43. The monoisotopic (exact) mass is 364 g/mol. The van der Waals surface area contributed by atoms with Crippen molar-refractivity contribution in [1.82, 2.24) is 20.2 Å². The number of hydrogen-bond donors (Lipinski definition) is 2. The van der Waals surface area contributed by atoms with Gasteiger partial charge < -0.3 is 15.0 Å². The average molecular weight is 364 g/mol. The molecule has 0 aliphatic carbocycles. The molecule has 0 saturated carbocycles. The Balaban J connectivity index is 1.86. The molecule has 0 aromatic carbocycles. The Morgan fingerprint density at radius 3 is 2.76 bits per heavy atom. The van der Waals surface area contributed by atoms with Crippen LogP contribution < -0.4 is 10.9 Å². The van der Waals surface area contributed by atoms with Crippen molar-refractivity contribution >= 4 is 27.5 Å². The molecule has 2 N–H and O–H groups in total. The number of aromatic amines is 1. The van der Waals surface area contributed by atoms with Crippen LogP contribution in [0.5, 0.6) is 0 Å². The Morgan fingerprint density at radius 1 is 1.40 bits per heavy atom. The summed E-state index contributed by atoms with van der Waals surface area (Å²) in [6.45, 7) is 9.34. The number of aryl methyl sites for hydroxylation is 2. The van der Waals surface area contributed by atoms with Gasteiger partial charge in [-0.25, -0.2) is 4.98 Å². The van der Waals surface area contributed by atoms with E-state index in [2.05, 4.69) is 34.0 Å². The molecule has 2 atom stereocenters. The van der Waals surface area contributed by atoms with Crippen molar-refractivity contribution in [2.75, 3.05) is 20.2 Å². The van der Waals surface area contributed by atoms with Crippen molar-refractivity contribution in [3.8, 4) is 0 Å². The van der Waals surface area contributed by atoms with E-state index in [4.69, 9.17) is 4.74 Å². The molecule has 1 saturated heterocycles. The molecule has 0 unspecified atom stereocenters. The van der Waals surface area contributed by atoms with Gasteiger partial charge in [0.25, 0.3) is 11.5 Å². The third-order valence-electron chi connectivity index (χ3n) is 4.77. The first-order valence-electron chi connectivity index (χ1n) is 8.39. The Kier molecular flexibility index (Phi) is 4.95. The number of carbonyl (C=O) groups is 1. The van der Waals surface area contributed by atoms with E-state index in [1.807, 2.05) is 0 Å². The third kappa shape index (κ3) is 3.33.